The van der Waals surface area contributed by atoms with Crippen LogP contribution >= 0.6 is 15.9 Å². The topological polar surface area (TPSA) is 120 Å². The average Bonchev–Trinajstić information content (AvgIpc) is 2.84. The molecule has 2 heterocycles. The van der Waals surface area contributed by atoms with E-state index in [-0.39, 0.29) is 29.1 Å². The number of carbonyl (C=O) groups excluding carboxylic acids is 1. The molecule has 0 aliphatic rings. The molecule has 0 atom stereocenters. The second-order valence-electron chi connectivity index (χ2n) is 7.36. The lowest BCUT2D eigenvalue weighted by Gasteiger charge is -2.10. The normalized spacial score (nSPS) is 10.2. The predicted octanol–water partition coefficient (Wildman–Crippen LogP) is 4.92. The first-order chi connectivity index (χ1) is 16.7. The molecule has 35 heavy (non-hydrogen) atoms. The van der Waals surface area contributed by atoms with Crippen molar-refractivity contribution in [1.82, 2.24) is 25.2 Å². The van der Waals surface area contributed by atoms with Crippen LogP contribution in [0, 0.1) is 5.82 Å². The summed E-state index contributed by atoms with van der Waals surface area (Å²) in [5, 5.41) is 15.6. The van der Waals surface area contributed by atoms with E-state index in [9.17, 15) is 19.1 Å². The fraction of sp³-hybridized carbons (Fsp3) is 0.125. The molecule has 0 aliphatic heterocycles. The van der Waals surface area contributed by atoms with Crippen LogP contribution in [0.4, 0.5) is 20.8 Å². The van der Waals surface area contributed by atoms with Gasteiger partial charge in [0, 0.05) is 48.4 Å². The Kier molecular flexibility index (Phi) is 8.26. The number of carboxylic acids is 1. The van der Waals surface area contributed by atoms with Crippen molar-refractivity contribution >= 4 is 50.6 Å². The molecule has 0 aliphatic carbocycles. The fourth-order valence-electron chi connectivity index (χ4n) is 2.96. The van der Waals surface area contributed by atoms with E-state index in [0.29, 0.717) is 22.2 Å². The van der Waals surface area contributed by atoms with Gasteiger partial charge in [-0.05, 0) is 42.0 Å². The number of hydrogen-bond acceptors (Lipinski definition) is 6. The van der Waals surface area contributed by atoms with Gasteiger partial charge < -0.3 is 20.6 Å². The number of pyridine rings is 1. The van der Waals surface area contributed by atoms with Crippen molar-refractivity contribution in [2.45, 2.75) is 0 Å². The number of carboxylic acid groups (broad SMARTS) is 1. The van der Waals surface area contributed by atoms with Crippen molar-refractivity contribution in [1.29, 1.82) is 0 Å². The summed E-state index contributed by atoms with van der Waals surface area (Å²) in [4.78, 5) is 36.4. The zero-order valence-electron chi connectivity index (χ0n) is 19.1. The van der Waals surface area contributed by atoms with Gasteiger partial charge in [0.25, 0.3) is 0 Å². The van der Waals surface area contributed by atoms with Gasteiger partial charge in [0.15, 0.2) is 11.3 Å². The number of benzene rings is 2. The molecule has 2 amide bonds. The van der Waals surface area contributed by atoms with E-state index < -0.39 is 5.97 Å². The highest BCUT2D eigenvalue weighted by Gasteiger charge is 2.18. The molecule has 0 spiro atoms. The molecule has 180 valence electrons. The molecule has 0 radical (unpaired) electrons. The van der Waals surface area contributed by atoms with Crippen molar-refractivity contribution in [3.05, 3.63) is 76.8 Å². The Labute approximate surface area is 209 Å². The number of amides is 2. The number of fused-ring (bicyclic) bond motifs is 1. The van der Waals surface area contributed by atoms with Gasteiger partial charge in [0.2, 0.25) is 5.95 Å². The van der Waals surface area contributed by atoms with E-state index in [2.05, 4.69) is 41.5 Å². The summed E-state index contributed by atoms with van der Waals surface area (Å²) in [5.74, 6) is -1.27. The molecular weight excluding hydrogens is 519 g/mol. The number of aromatic nitrogens is 3. The van der Waals surface area contributed by atoms with E-state index in [0.717, 1.165) is 4.47 Å². The monoisotopic (exact) mass is 540 g/mol. The molecule has 0 bridgehead atoms. The first-order valence-electron chi connectivity index (χ1n) is 10.3. The van der Waals surface area contributed by atoms with Crippen molar-refractivity contribution in [2.75, 3.05) is 26.5 Å². The zero-order chi connectivity index (χ0) is 25.5. The van der Waals surface area contributed by atoms with Gasteiger partial charge in [-0.2, -0.15) is 4.98 Å². The van der Waals surface area contributed by atoms with Crippen molar-refractivity contribution in [3.63, 3.8) is 0 Å². The molecule has 9 nitrogen and oxygen atoms in total. The summed E-state index contributed by atoms with van der Waals surface area (Å²) in [6.45, 7) is 0. The number of nitrogens with zero attached hydrogens (tertiary/aromatic N) is 4. The summed E-state index contributed by atoms with van der Waals surface area (Å²) in [6.07, 6.45) is 1.56. The van der Waals surface area contributed by atoms with Crippen molar-refractivity contribution in [3.8, 4) is 11.1 Å². The zero-order valence-corrected chi connectivity index (χ0v) is 20.7. The third-order valence-electron chi connectivity index (χ3n) is 4.66. The smallest absolute Gasteiger partial charge is 0.355 e. The maximum absolute atomic E-state index is 13.0. The number of nitrogens with one attached hydrogen (secondary N) is 2. The van der Waals surface area contributed by atoms with E-state index >= 15 is 0 Å². The maximum atomic E-state index is 13.0. The Morgan fingerprint density at radius 1 is 1.03 bits per heavy atom. The van der Waals surface area contributed by atoms with Crippen molar-refractivity contribution < 1.29 is 19.1 Å². The third-order valence-corrected chi connectivity index (χ3v) is 5.35. The molecule has 3 N–H and O–H groups in total. The first-order valence-corrected chi connectivity index (χ1v) is 11.1. The van der Waals surface area contributed by atoms with Gasteiger partial charge in [0.1, 0.15) is 5.82 Å². The number of carbonyl (C=O) groups is 2. The molecule has 0 unspecified atom stereocenters. The number of rotatable bonds is 4. The molecule has 4 aromatic rings. The highest BCUT2D eigenvalue weighted by molar-refractivity contribution is 9.10. The van der Waals surface area contributed by atoms with Crippen LogP contribution < -0.4 is 10.6 Å². The fourth-order valence-corrected chi connectivity index (χ4v) is 3.46. The van der Waals surface area contributed by atoms with Crippen LogP contribution in [-0.2, 0) is 0 Å². The largest absolute Gasteiger partial charge is 0.476 e. The Balaban J connectivity index is 0.000000429. The second-order valence-corrected chi connectivity index (χ2v) is 8.21. The van der Waals surface area contributed by atoms with Crippen LogP contribution in [0.25, 0.3) is 22.2 Å². The number of hydrogen-bond donors (Lipinski definition) is 3. The number of aromatic carboxylic acids is 1. The van der Waals surface area contributed by atoms with E-state index in [1.54, 1.807) is 45.5 Å². The van der Waals surface area contributed by atoms with Gasteiger partial charge in [-0.25, -0.2) is 23.9 Å². The molecule has 2 aromatic heterocycles. The highest BCUT2D eigenvalue weighted by Crippen LogP contribution is 2.32. The minimum absolute atomic E-state index is 0.0694. The highest BCUT2D eigenvalue weighted by atomic mass is 79.9. The summed E-state index contributed by atoms with van der Waals surface area (Å²) in [5.41, 5.74) is 1.92. The SMILES string of the molecule is CNC(=O)N(C)C.O=C(O)c1nc2nc(Nc3ccc(F)cc3)ncc2cc1-c1ccccc1Br. The lowest BCUT2D eigenvalue weighted by atomic mass is 10.0. The molecule has 2 aromatic carbocycles. The quantitative estimate of drug-likeness (QED) is 0.335. The van der Waals surface area contributed by atoms with Gasteiger partial charge in [-0.1, -0.05) is 34.1 Å². The minimum Gasteiger partial charge on any atom is -0.476 e. The lowest BCUT2D eigenvalue weighted by Crippen LogP contribution is -2.31. The molecule has 4 rings (SSSR count). The van der Waals surface area contributed by atoms with Crippen LogP contribution in [-0.4, -0.2) is 58.1 Å². The average molecular weight is 541 g/mol. The van der Waals surface area contributed by atoms with Crippen LogP contribution in [0.5, 0.6) is 0 Å². The number of halogens is 2. The van der Waals surface area contributed by atoms with Gasteiger partial charge in [-0.15, -0.1) is 0 Å². The predicted molar refractivity (Wildman–Crippen MR) is 135 cm³/mol. The summed E-state index contributed by atoms with van der Waals surface area (Å²) in [7, 11) is 4.99. The van der Waals surface area contributed by atoms with E-state index in [1.165, 1.54) is 17.0 Å². The van der Waals surface area contributed by atoms with Gasteiger partial charge in [0.05, 0.1) is 0 Å². The maximum Gasteiger partial charge on any atom is 0.355 e. The molecule has 0 saturated carbocycles. The second kappa shape index (κ2) is 11.3. The number of urea groups is 1. The molecule has 0 saturated heterocycles. The Hall–Kier alpha value is -4.12. The van der Waals surface area contributed by atoms with Crippen LogP contribution in [0.15, 0.2) is 65.3 Å². The van der Waals surface area contributed by atoms with Crippen LogP contribution in [0.1, 0.15) is 10.5 Å². The van der Waals surface area contributed by atoms with Crippen LogP contribution in [0.3, 0.4) is 0 Å². The Morgan fingerprint density at radius 2 is 1.71 bits per heavy atom. The Morgan fingerprint density at radius 3 is 2.29 bits per heavy atom. The van der Waals surface area contributed by atoms with Crippen molar-refractivity contribution in [2.24, 2.45) is 0 Å². The van der Waals surface area contributed by atoms with Gasteiger partial charge >= 0.3 is 12.0 Å². The molecular formula is C24H22BrFN6O3. The number of anilines is 2. The summed E-state index contributed by atoms with van der Waals surface area (Å²) in [6, 6.07) is 14.7. The standard InChI is InChI=1S/C20H12BrFN4O2.C4H10N2O/c21-16-4-2-1-3-14(16)15-9-11-10-23-20(24-13-7-5-12(22)6-8-13)26-18(11)25-17(15)19(27)28;1-5-4(7)6(2)3/h1-10H,(H,27,28)(H,23,24,25,26);1-3H3,(H,5,7). The first kappa shape index (κ1) is 25.5. The van der Waals surface area contributed by atoms with Crippen LogP contribution in [0.2, 0.25) is 0 Å². The van der Waals surface area contributed by atoms with E-state index in [1.807, 2.05) is 24.3 Å². The summed E-state index contributed by atoms with van der Waals surface area (Å²) < 4.78 is 13.8. The van der Waals surface area contributed by atoms with E-state index in [4.69, 9.17) is 0 Å². The molecule has 11 heteroatoms. The Bertz CT molecular complexity index is 1370. The lowest BCUT2D eigenvalue weighted by molar-refractivity contribution is 0.0691. The summed E-state index contributed by atoms with van der Waals surface area (Å²) >= 11 is 3.45. The van der Waals surface area contributed by atoms with Gasteiger partial charge in [-0.3, -0.25) is 0 Å². The minimum atomic E-state index is -1.15. The molecule has 0 fully saturated rings. The third kappa shape index (κ3) is 6.48.